The molecule has 0 unspecified atom stereocenters. The zero-order valence-corrected chi connectivity index (χ0v) is 19.4. The molecule has 0 saturated carbocycles. The van der Waals surface area contributed by atoms with Crippen LogP contribution >= 0.6 is 0 Å². The fourth-order valence-electron chi connectivity index (χ4n) is 3.66. The zero-order chi connectivity index (χ0) is 22.5. The largest absolute Gasteiger partial charge is 0.550 e. The van der Waals surface area contributed by atoms with Crippen molar-refractivity contribution in [2.75, 3.05) is 26.4 Å². The van der Waals surface area contributed by atoms with Gasteiger partial charge in [-0.2, -0.15) is 0 Å². The highest BCUT2D eigenvalue weighted by atomic mass is 16.5. The lowest BCUT2D eigenvalue weighted by atomic mass is 9.78. The Labute approximate surface area is 183 Å². The normalized spacial score (nSPS) is 11.7. The molecule has 0 saturated heterocycles. The molecule has 0 aromatic rings. The number of aliphatic carboxylic acids is 2. The third kappa shape index (κ3) is 15.7. The number of carboxylic acids is 2. The molecule has 0 aromatic heterocycles. The summed E-state index contributed by atoms with van der Waals surface area (Å²) >= 11 is 0. The van der Waals surface area contributed by atoms with Crippen LogP contribution in [0.25, 0.3) is 0 Å². The molecular formula is C24H44O6-2. The summed E-state index contributed by atoms with van der Waals surface area (Å²) in [5, 5.41) is 22.5. The van der Waals surface area contributed by atoms with E-state index in [0.717, 1.165) is 38.5 Å². The Morgan fingerprint density at radius 1 is 0.667 bits per heavy atom. The third-order valence-electron chi connectivity index (χ3n) is 5.65. The predicted octanol–water partition coefficient (Wildman–Crippen LogP) is 3.40. The van der Waals surface area contributed by atoms with Crippen LogP contribution in [0, 0.1) is 5.41 Å². The zero-order valence-electron chi connectivity index (χ0n) is 19.4. The van der Waals surface area contributed by atoms with E-state index < -0.39 is 17.4 Å². The molecular weight excluding hydrogens is 384 g/mol. The Morgan fingerprint density at radius 3 is 1.60 bits per heavy atom. The highest BCUT2D eigenvalue weighted by Gasteiger charge is 2.31. The van der Waals surface area contributed by atoms with Gasteiger partial charge >= 0.3 is 0 Å². The lowest BCUT2D eigenvalue weighted by Crippen LogP contribution is -2.46. The van der Waals surface area contributed by atoms with Crippen LogP contribution < -0.4 is 10.2 Å². The molecule has 30 heavy (non-hydrogen) atoms. The van der Waals surface area contributed by atoms with Crippen molar-refractivity contribution in [3.8, 4) is 0 Å². The second-order valence-electron chi connectivity index (χ2n) is 8.39. The van der Waals surface area contributed by atoms with Gasteiger partial charge in [-0.1, -0.05) is 90.9 Å². The highest BCUT2D eigenvalue weighted by molar-refractivity contribution is 5.72. The Morgan fingerprint density at radius 2 is 1.13 bits per heavy atom. The Kier molecular flexibility index (Phi) is 19.0. The summed E-state index contributed by atoms with van der Waals surface area (Å²) in [6, 6.07) is 0. The number of unbranched alkanes of at least 4 members (excludes halogenated alkanes) is 10. The van der Waals surface area contributed by atoms with Gasteiger partial charge in [-0.15, -0.1) is 0 Å². The lowest BCUT2D eigenvalue weighted by molar-refractivity contribution is -0.322. The summed E-state index contributed by atoms with van der Waals surface area (Å²) in [4.78, 5) is 22.5. The maximum atomic E-state index is 12.1. The number of carbonyl (C=O) groups excluding carboxylic acids is 2. The minimum Gasteiger partial charge on any atom is -0.550 e. The predicted molar refractivity (Wildman–Crippen MR) is 115 cm³/mol. The van der Waals surface area contributed by atoms with Crippen LogP contribution in [0.2, 0.25) is 0 Å². The van der Waals surface area contributed by atoms with Crippen LogP contribution in [-0.4, -0.2) is 38.4 Å². The fraction of sp³-hybridized carbons (Fsp3) is 0.917. The smallest absolute Gasteiger partial charge is 0.0700 e. The maximum Gasteiger partial charge on any atom is 0.0700 e. The minimum atomic E-state index is -1.15. The molecule has 0 N–H and O–H groups in total. The Bertz CT molecular complexity index is 408. The van der Waals surface area contributed by atoms with Gasteiger partial charge in [-0.25, -0.2) is 0 Å². The van der Waals surface area contributed by atoms with E-state index in [1.807, 2.05) is 0 Å². The van der Waals surface area contributed by atoms with Crippen molar-refractivity contribution in [3.63, 3.8) is 0 Å². The molecule has 6 heteroatoms. The molecule has 0 radical (unpaired) electrons. The van der Waals surface area contributed by atoms with Crippen LogP contribution in [0.15, 0.2) is 0 Å². The van der Waals surface area contributed by atoms with E-state index in [-0.39, 0.29) is 32.8 Å². The summed E-state index contributed by atoms with van der Waals surface area (Å²) in [6.07, 6.45) is 14.4. The molecule has 0 fully saturated rings. The summed E-state index contributed by atoms with van der Waals surface area (Å²) in [6.45, 7) is 5.05. The second kappa shape index (κ2) is 19.8. The summed E-state index contributed by atoms with van der Waals surface area (Å²) in [5.41, 5.74) is -0.944. The first-order valence-corrected chi connectivity index (χ1v) is 12.0. The lowest BCUT2D eigenvalue weighted by Gasteiger charge is -2.35. The Balaban J connectivity index is 4.48. The molecule has 0 aliphatic heterocycles. The summed E-state index contributed by atoms with van der Waals surface area (Å²) < 4.78 is 10.8. The van der Waals surface area contributed by atoms with E-state index in [4.69, 9.17) is 9.47 Å². The van der Waals surface area contributed by atoms with Crippen molar-refractivity contribution in [2.45, 2.75) is 110 Å². The highest BCUT2D eigenvalue weighted by Crippen LogP contribution is 2.32. The average molecular weight is 429 g/mol. The summed E-state index contributed by atoms with van der Waals surface area (Å²) in [7, 11) is 0. The van der Waals surface area contributed by atoms with Gasteiger partial charge in [-0.05, 0) is 12.8 Å². The molecule has 178 valence electrons. The Hall–Kier alpha value is -1.14. The first kappa shape index (κ1) is 28.9. The molecule has 0 aliphatic carbocycles. The van der Waals surface area contributed by atoms with E-state index in [1.54, 1.807) is 0 Å². The van der Waals surface area contributed by atoms with E-state index in [2.05, 4.69) is 13.8 Å². The van der Waals surface area contributed by atoms with Crippen molar-refractivity contribution in [3.05, 3.63) is 0 Å². The van der Waals surface area contributed by atoms with Crippen molar-refractivity contribution in [1.29, 1.82) is 0 Å². The van der Waals surface area contributed by atoms with Gasteiger partial charge < -0.3 is 29.3 Å². The first-order chi connectivity index (χ1) is 14.5. The van der Waals surface area contributed by atoms with Gasteiger partial charge in [0.2, 0.25) is 0 Å². The monoisotopic (exact) mass is 428 g/mol. The molecule has 0 heterocycles. The van der Waals surface area contributed by atoms with Crippen molar-refractivity contribution in [2.24, 2.45) is 5.41 Å². The van der Waals surface area contributed by atoms with E-state index >= 15 is 0 Å². The van der Waals surface area contributed by atoms with Gasteiger partial charge in [0.15, 0.2) is 0 Å². The topological polar surface area (TPSA) is 98.7 Å². The van der Waals surface area contributed by atoms with Crippen LogP contribution in [0.5, 0.6) is 0 Å². The number of carbonyl (C=O) groups is 2. The van der Waals surface area contributed by atoms with Gasteiger partial charge in [0.1, 0.15) is 0 Å². The van der Waals surface area contributed by atoms with Crippen LogP contribution in [0.1, 0.15) is 110 Å². The van der Waals surface area contributed by atoms with Crippen molar-refractivity contribution in [1.82, 2.24) is 0 Å². The van der Waals surface area contributed by atoms with Crippen molar-refractivity contribution < 1.29 is 29.3 Å². The van der Waals surface area contributed by atoms with Gasteiger partial charge in [-0.3, -0.25) is 0 Å². The standard InChI is InChI=1S/C24H46O6/c1-3-5-7-9-11-13-16-24(23(27)28,17-14-12-10-8-6-4-2)21-30-20-19-29-18-15-22(25)26/h3-21H2,1-2H3,(H,25,26)(H,27,28)/p-2. The number of hydrogen-bond donors (Lipinski definition) is 0. The maximum absolute atomic E-state index is 12.1. The molecule has 0 amide bonds. The van der Waals surface area contributed by atoms with E-state index in [9.17, 15) is 19.8 Å². The van der Waals surface area contributed by atoms with Crippen LogP contribution in [0.3, 0.4) is 0 Å². The van der Waals surface area contributed by atoms with E-state index in [0.29, 0.717) is 12.8 Å². The van der Waals surface area contributed by atoms with Crippen LogP contribution in [0.4, 0.5) is 0 Å². The molecule has 0 bridgehead atoms. The van der Waals surface area contributed by atoms with Crippen molar-refractivity contribution >= 4 is 11.9 Å². The molecule has 0 aromatic carbocycles. The average Bonchev–Trinajstić information content (AvgIpc) is 2.71. The molecule has 0 rings (SSSR count). The summed E-state index contributed by atoms with van der Waals surface area (Å²) in [5.74, 6) is -2.16. The molecule has 0 atom stereocenters. The molecule has 6 nitrogen and oxygen atoms in total. The van der Waals surface area contributed by atoms with Gasteiger partial charge in [0, 0.05) is 23.8 Å². The first-order valence-electron chi connectivity index (χ1n) is 12.0. The minimum absolute atomic E-state index is 0.0762. The molecule has 0 spiro atoms. The molecule has 0 aliphatic rings. The quantitative estimate of drug-likeness (QED) is 0.231. The number of hydrogen-bond acceptors (Lipinski definition) is 6. The van der Waals surface area contributed by atoms with Crippen LogP contribution in [-0.2, 0) is 19.1 Å². The number of carboxylic acid groups (broad SMARTS) is 2. The fourth-order valence-corrected chi connectivity index (χ4v) is 3.66. The number of ether oxygens (including phenoxy) is 2. The van der Waals surface area contributed by atoms with Gasteiger partial charge in [0.05, 0.1) is 26.4 Å². The SMILES string of the molecule is CCCCCCCCC(CCCCCCCC)(COCCOCCC(=O)[O-])C(=O)[O-]. The third-order valence-corrected chi connectivity index (χ3v) is 5.65. The number of rotatable bonds is 23. The second-order valence-corrected chi connectivity index (χ2v) is 8.39. The van der Waals surface area contributed by atoms with Gasteiger partial charge in [0.25, 0.3) is 0 Å². The van der Waals surface area contributed by atoms with E-state index in [1.165, 1.54) is 38.5 Å².